The molecule has 2 aromatic rings. The zero-order valence-electron chi connectivity index (χ0n) is 16.3. The van der Waals surface area contributed by atoms with Gasteiger partial charge in [0.05, 0.1) is 5.56 Å². The molecule has 3 rings (SSSR count). The van der Waals surface area contributed by atoms with Crippen LogP contribution in [0.5, 0.6) is 0 Å². The van der Waals surface area contributed by atoms with Gasteiger partial charge in [-0.3, -0.25) is 9.78 Å². The fraction of sp³-hybridized carbons (Fsp3) is 0.333. The zero-order chi connectivity index (χ0) is 20.5. The molecule has 3 amide bonds. The number of amides is 3. The summed E-state index contributed by atoms with van der Waals surface area (Å²) < 4.78 is 0. The predicted octanol–water partition coefficient (Wildman–Crippen LogP) is 1.65. The lowest BCUT2D eigenvalue weighted by molar-refractivity contribution is 0.0963. The molecule has 0 radical (unpaired) electrons. The maximum Gasteiger partial charge on any atom is 0.315 e. The summed E-state index contributed by atoms with van der Waals surface area (Å²) in [6.45, 7) is 0.846. The number of pyridine rings is 2. The molecule has 2 heterocycles. The number of hydrogen-bond acceptors (Lipinski definition) is 5. The summed E-state index contributed by atoms with van der Waals surface area (Å²) >= 11 is 0. The summed E-state index contributed by atoms with van der Waals surface area (Å²) in [5.41, 5.74) is 2.03. The molecule has 0 aliphatic heterocycles. The van der Waals surface area contributed by atoms with E-state index in [1.807, 2.05) is 12.1 Å². The van der Waals surface area contributed by atoms with E-state index in [9.17, 15) is 9.59 Å². The Bertz CT molecular complexity index is 916. The van der Waals surface area contributed by atoms with Gasteiger partial charge in [-0.1, -0.05) is 12.0 Å². The lowest BCUT2D eigenvalue weighted by Crippen LogP contribution is -2.35. The Morgan fingerprint density at radius 3 is 2.79 bits per heavy atom. The molecule has 150 valence electrons. The van der Waals surface area contributed by atoms with Crippen LogP contribution in [0.4, 0.5) is 10.6 Å². The smallest absolute Gasteiger partial charge is 0.315 e. The molecule has 1 fully saturated rings. The summed E-state index contributed by atoms with van der Waals surface area (Å²) in [4.78, 5) is 32.2. The molecule has 0 saturated heterocycles. The van der Waals surface area contributed by atoms with Crippen molar-refractivity contribution >= 4 is 17.8 Å². The van der Waals surface area contributed by atoms with Crippen molar-refractivity contribution < 1.29 is 9.59 Å². The van der Waals surface area contributed by atoms with Gasteiger partial charge in [-0.2, -0.15) is 0 Å². The van der Waals surface area contributed by atoms with Crippen molar-refractivity contribution in [2.75, 3.05) is 18.9 Å². The van der Waals surface area contributed by atoms with Crippen LogP contribution in [0.25, 0.3) is 0 Å². The Hall–Kier alpha value is -3.60. The Morgan fingerprint density at radius 2 is 2.07 bits per heavy atom. The van der Waals surface area contributed by atoms with Crippen molar-refractivity contribution in [2.24, 2.45) is 0 Å². The zero-order valence-corrected chi connectivity index (χ0v) is 16.3. The second kappa shape index (κ2) is 10.1. The second-order valence-corrected chi connectivity index (χ2v) is 6.61. The van der Waals surface area contributed by atoms with Crippen LogP contribution < -0.4 is 21.3 Å². The fourth-order valence-electron chi connectivity index (χ4n) is 2.52. The maximum atomic E-state index is 12.0. The van der Waals surface area contributed by atoms with E-state index in [-0.39, 0.29) is 11.9 Å². The minimum Gasteiger partial charge on any atom is -0.367 e. The minimum atomic E-state index is -0.250. The van der Waals surface area contributed by atoms with Crippen molar-refractivity contribution in [1.29, 1.82) is 0 Å². The topological polar surface area (TPSA) is 108 Å². The monoisotopic (exact) mass is 392 g/mol. The van der Waals surface area contributed by atoms with Crippen LogP contribution in [0.3, 0.4) is 0 Å². The first-order valence-electron chi connectivity index (χ1n) is 9.55. The van der Waals surface area contributed by atoms with Gasteiger partial charge in [-0.15, -0.1) is 0 Å². The van der Waals surface area contributed by atoms with Crippen LogP contribution >= 0.6 is 0 Å². The third-order valence-corrected chi connectivity index (χ3v) is 4.21. The van der Waals surface area contributed by atoms with E-state index in [1.165, 1.54) is 0 Å². The van der Waals surface area contributed by atoms with E-state index in [1.54, 1.807) is 31.6 Å². The third-order valence-electron chi connectivity index (χ3n) is 4.21. The number of carbonyl (C=O) groups is 2. The summed E-state index contributed by atoms with van der Waals surface area (Å²) in [5, 5.41) is 11.4. The Balaban J connectivity index is 1.47. The summed E-state index contributed by atoms with van der Waals surface area (Å²) in [5.74, 6) is 6.36. The standard InChI is InChI=1S/C21H24N6O2/c1-22-20(28)18-10-9-16(26-19(18)27-17-7-8-17)6-2-3-12-24-21(29)25-14-15-5-4-11-23-13-15/h4-5,9-11,13,17H,3,7-8,12,14H2,1H3,(H,22,28)(H,26,27)(H2,24,25,29). The van der Waals surface area contributed by atoms with E-state index >= 15 is 0 Å². The summed E-state index contributed by atoms with van der Waals surface area (Å²) in [6, 6.07) is 7.30. The van der Waals surface area contributed by atoms with Crippen LogP contribution in [0.2, 0.25) is 0 Å². The third kappa shape index (κ3) is 6.50. The highest BCUT2D eigenvalue weighted by Crippen LogP contribution is 2.25. The van der Waals surface area contributed by atoms with Gasteiger partial charge in [0.15, 0.2) is 0 Å². The average molecular weight is 392 g/mol. The number of hydrogen-bond donors (Lipinski definition) is 4. The normalized spacial score (nSPS) is 12.3. The number of urea groups is 1. The van der Waals surface area contributed by atoms with Gasteiger partial charge in [0.1, 0.15) is 11.5 Å². The van der Waals surface area contributed by atoms with Crippen molar-refractivity contribution in [3.63, 3.8) is 0 Å². The van der Waals surface area contributed by atoms with Gasteiger partial charge >= 0.3 is 6.03 Å². The van der Waals surface area contributed by atoms with Crippen LogP contribution in [0, 0.1) is 11.8 Å². The average Bonchev–Trinajstić information content (AvgIpc) is 3.56. The summed E-state index contributed by atoms with van der Waals surface area (Å²) in [7, 11) is 1.59. The first-order chi connectivity index (χ1) is 14.2. The number of nitrogens with one attached hydrogen (secondary N) is 4. The van der Waals surface area contributed by atoms with Crippen molar-refractivity contribution in [3.8, 4) is 11.8 Å². The number of carbonyl (C=O) groups excluding carboxylic acids is 2. The van der Waals surface area contributed by atoms with E-state index in [4.69, 9.17) is 0 Å². The molecule has 1 saturated carbocycles. The highest BCUT2D eigenvalue weighted by Gasteiger charge is 2.24. The second-order valence-electron chi connectivity index (χ2n) is 6.61. The van der Waals surface area contributed by atoms with Crippen LogP contribution in [0.1, 0.15) is 40.9 Å². The lowest BCUT2D eigenvalue weighted by atomic mass is 10.2. The molecule has 1 aliphatic rings. The van der Waals surface area contributed by atoms with E-state index < -0.39 is 0 Å². The Kier molecular flexibility index (Phi) is 7.00. The van der Waals surface area contributed by atoms with Gasteiger partial charge in [0.25, 0.3) is 5.91 Å². The van der Waals surface area contributed by atoms with Crippen LogP contribution in [-0.2, 0) is 6.54 Å². The minimum absolute atomic E-state index is 0.179. The predicted molar refractivity (Wildman–Crippen MR) is 110 cm³/mol. The molecular formula is C21H24N6O2. The van der Waals surface area contributed by atoms with Gasteiger partial charge in [-0.05, 0) is 42.5 Å². The Labute approximate surface area is 169 Å². The molecule has 0 unspecified atom stereocenters. The van der Waals surface area contributed by atoms with E-state index in [2.05, 4.69) is 43.1 Å². The molecule has 0 atom stereocenters. The first-order valence-corrected chi connectivity index (χ1v) is 9.55. The van der Waals surface area contributed by atoms with Gasteiger partial charge < -0.3 is 21.3 Å². The van der Waals surface area contributed by atoms with Crippen molar-refractivity contribution in [1.82, 2.24) is 25.9 Å². The highest BCUT2D eigenvalue weighted by molar-refractivity contribution is 5.98. The molecule has 4 N–H and O–H groups in total. The molecule has 0 spiro atoms. The quantitative estimate of drug-likeness (QED) is 0.423. The summed E-state index contributed by atoms with van der Waals surface area (Å²) in [6.07, 6.45) is 6.05. The van der Waals surface area contributed by atoms with Crippen LogP contribution in [0.15, 0.2) is 36.7 Å². The molecule has 2 aromatic heterocycles. The SMILES string of the molecule is CNC(=O)c1ccc(C#CCCNC(=O)NCc2cccnc2)nc1NC1CC1. The lowest BCUT2D eigenvalue weighted by Gasteiger charge is -2.09. The van der Waals surface area contributed by atoms with Crippen molar-refractivity contribution in [2.45, 2.75) is 31.8 Å². The molecule has 0 bridgehead atoms. The van der Waals surface area contributed by atoms with Crippen molar-refractivity contribution in [3.05, 3.63) is 53.5 Å². The van der Waals surface area contributed by atoms with E-state index in [0.717, 1.165) is 18.4 Å². The number of rotatable bonds is 7. The molecule has 8 heteroatoms. The van der Waals surface area contributed by atoms with E-state index in [0.29, 0.717) is 42.6 Å². The molecule has 0 aromatic carbocycles. The Morgan fingerprint density at radius 1 is 1.21 bits per heavy atom. The first kappa shape index (κ1) is 20.1. The molecular weight excluding hydrogens is 368 g/mol. The number of aromatic nitrogens is 2. The molecule has 1 aliphatic carbocycles. The van der Waals surface area contributed by atoms with Crippen LogP contribution in [-0.4, -0.2) is 41.5 Å². The number of nitrogens with zero attached hydrogens (tertiary/aromatic N) is 2. The molecule has 8 nitrogen and oxygen atoms in total. The van der Waals surface area contributed by atoms with Gasteiger partial charge in [0.2, 0.25) is 0 Å². The van der Waals surface area contributed by atoms with Gasteiger partial charge in [-0.25, -0.2) is 9.78 Å². The fourth-order valence-corrected chi connectivity index (χ4v) is 2.52. The maximum absolute atomic E-state index is 12.0. The highest BCUT2D eigenvalue weighted by atomic mass is 16.2. The molecule has 29 heavy (non-hydrogen) atoms. The largest absolute Gasteiger partial charge is 0.367 e. The number of anilines is 1. The van der Waals surface area contributed by atoms with Gasteiger partial charge in [0, 0.05) is 45.0 Å².